The predicted octanol–water partition coefficient (Wildman–Crippen LogP) is -1.04. The molecule has 0 heterocycles. The number of aliphatic hydroxyl groups excluding tert-OH is 2. The topological polar surface area (TPSA) is 89.8 Å². The summed E-state index contributed by atoms with van der Waals surface area (Å²) in [5.41, 5.74) is 0.256. The summed E-state index contributed by atoms with van der Waals surface area (Å²) in [6.07, 6.45) is 0.713. The normalized spacial score (nSPS) is 14.2. The van der Waals surface area contributed by atoms with Crippen molar-refractivity contribution in [2.75, 3.05) is 19.7 Å². The summed E-state index contributed by atoms with van der Waals surface area (Å²) in [5.74, 6) is -0.954. The number of carboxylic acid groups (broad SMARTS) is 1. The van der Waals surface area contributed by atoms with E-state index in [-0.39, 0.29) is 18.7 Å². The summed E-state index contributed by atoms with van der Waals surface area (Å²) < 4.78 is 0. The van der Waals surface area contributed by atoms with Crippen LogP contribution in [0, 0.1) is 0 Å². The molecule has 4 N–H and O–H groups in total. The Kier molecular flexibility index (Phi) is 6.13. The van der Waals surface area contributed by atoms with E-state index in [0.717, 1.165) is 0 Å². The summed E-state index contributed by atoms with van der Waals surface area (Å²) in [4.78, 5) is 10.3. The third-order valence-corrected chi connectivity index (χ3v) is 1.48. The number of carbonyl (C=O) groups is 1. The third kappa shape index (κ3) is 6.27. The number of aliphatic carboxylic acids is 1. The van der Waals surface area contributed by atoms with E-state index >= 15 is 0 Å². The van der Waals surface area contributed by atoms with Gasteiger partial charge in [-0.25, -0.2) is 4.79 Å². The van der Waals surface area contributed by atoms with E-state index in [0.29, 0.717) is 6.54 Å². The Balaban J connectivity index is 3.55. The van der Waals surface area contributed by atoms with Gasteiger partial charge in [0.05, 0.1) is 12.7 Å². The monoisotopic (exact) mass is 189 g/mol. The SMILES string of the molecule is CC(=CCNCC(O)CO)C(=O)O. The van der Waals surface area contributed by atoms with Crippen LogP contribution in [0.2, 0.25) is 0 Å². The highest BCUT2D eigenvalue weighted by molar-refractivity contribution is 5.85. The van der Waals surface area contributed by atoms with Crippen LogP contribution in [0.25, 0.3) is 0 Å². The lowest BCUT2D eigenvalue weighted by molar-refractivity contribution is -0.132. The lowest BCUT2D eigenvalue weighted by Crippen LogP contribution is -2.29. The van der Waals surface area contributed by atoms with Crippen molar-refractivity contribution in [1.82, 2.24) is 5.32 Å². The molecular formula is C8H15NO4. The lowest BCUT2D eigenvalue weighted by atomic mass is 10.3. The van der Waals surface area contributed by atoms with Gasteiger partial charge in [-0.1, -0.05) is 6.08 Å². The average Bonchev–Trinajstić information content (AvgIpc) is 2.11. The second kappa shape index (κ2) is 6.59. The van der Waals surface area contributed by atoms with Crippen molar-refractivity contribution in [3.05, 3.63) is 11.6 Å². The largest absolute Gasteiger partial charge is 0.478 e. The summed E-state index contributed by atoms with van der Waals surface area (Å²) in [7, 11) is 0. The molecule has 0 aromatic rings. The standard InChI is InChI=1S/C8H15NO4/c1-6(8(12)13)2-3-9-4-7(11)5-10/h2,7,9-11H,3-5H2,1H3,(H,12,13). The Hall–Kier alpha value is -0.910. The Morgan fingerprint density at radius 2 is 2.23 bits per heavy atom. The van der Waals surface area contributed by atoms with Gasteiger partial charge in [0.15, 0.2) is 0 Å². The van der Waals surface area contributed by atoms with Gasteiger partial charge in [0, 0.05) is 18.7 Å². The fourth-order valence-corrected chi connectivity index (χ4v) is 0.627. The zero-order valence-electron chi connectivity index (χ0n) is 7.53. The minimum atomic E-state index is -0.954. The molecule has 13 heavy (non-hydrogen) atoms. The maximum atomic E-state index is 10.3. The van der Waals surface area contributed by atoms with E-state index in [9.17, 15) is 4.79 Å². The zero-order chi connectivity index (χ0) is 10.3. The molecule has 0 amide bonds. The van der Waals surface area contributed by atoms with Gasteiger partial charge in [-0.15, -0.1) is 0 Å². The van der Waals surface area contributed by atoms with E-state index in [1.807, 2.05) is 0 Å². The van der Waals surface area contributed by atoms with Crippen molar-refractivity contribution in [2.45, 2.75) is 13.0 Å². The summed E-state index contributed by atoms with van der Waals surface area (Å²) in [6.45, 7) is 1.82. The van der Waals surface area contributed by atoms with Crippen LogP contribution in [0.1, 0.15) is 6.92 Å². The summed E-state index contributed by atoms with van der Waals surface area (Å²) >= 11 is 0. The van der Waals surface area contributed by atoms with Crippen LogP contribution in [0.3, 0.4) is 0 Å². The highest BCUT2D eigenvalue weighted by Gasteiger charge is 2.00. The van der Waals surface area contributed by atoms with Gasteiger partial charge in [0.2, 0.25) is 0 Å². The molecule has 0 saturated heterocycles. The first-order valence-electron chi connectivity index (χ1n) is 3.97. The van der Waals surface area contributed by atoms with Gasteiger partial charge in [0.1, 0.15) is 0 Å². The van der Waals surface area contributed by atoms with E-state index in [2.05, 4.69) is 5.32 Å². The number of carboxylic acids is 1. The van der Waals surface area contributed by atoms with Gasteiger partial charge in [0.25, 0.3) is 0 Å². The Bertz CT molecular complexity index is 191. The van der Waals surface area contributed by atoms with Crippen molar-refractivity contribution in [2.24, 2.45) is 0 Å². The molecule has 5 nitrogen and oxygen atoms in total. The molecule has 1 atom stereocenters. The quantitative estimate of drug-likeness (QED) is 0.316. The first kappa shape index (κ1) is 12.1. The maximum Gasteiger partial charge on any atom is 0.330 e. The van der Waals surface area contributed by atoms with Crippen LogP contribution in [0.4, 0.5) is 0 Å². The van der Waals surface area contributed by atoms with Crippen molar-refractivity contribution < 1.29 is 20.1 Å². The number of hydrogen-bond donors (Lipinski definition) is 4. The fourth-order valence-electron chi connectivity index (χ4n) is 0.627. The fraction of sp³-hybridized carbons (Fsp3) is 0.625. The van der Waals surface area contributed by atoms with E-state index < -0.39 is 12.1 Å². The molecule has 0 radical (unpaired) electrons. The molecule has 0 rings (SSSR count). The zero-order valence-corrected chi connectivity index (χ0v) is 7.53. The Morgan fingerprint density at radius 3 is 2.69 bits per heavy atom. The third-order valence-electron chi connectivity index (χ3n) is 1.48. The minimum Gasteiger partial charge on any atom is -0.478 e. The highest BCUT2D eigenvalue weighted by atomic mass is 16.4. The predicted molar refractivity (Wildman–Crippen MR) is 47.4 cm³/mol. The number of aliphatic hydroxyl groups is 2. The summed E-state index contributed by atoms with van der Waals surface area (Å²) in [6, 6.07) is 0. The summed E-state index contributed by atoms with van der Waals surface area (Å²) in [5, 5.41) is 28.5. The molecule has 0 aliphatic rings. The van der Waals surface area contributed by atoms with Crippen LogP contribution in [-0.4, -0.2) is 47.1 Å². The van der Waals surface area contributed by atoms with E-state index in [1.54, 1.807) is 0 Å². The number of rotatable bonds is 6. The maximum absolute atomic E-state index is 10.3. The molecule has 0 saturated carbocycles. The molecular weight excluding hydrogens is 174 g/mol. The molecule has 0 bridgehead atoms. The van der Waals surface area contributed by atoms with E-state index in [1.165, 1.54) is 13.0 Å². The molecule has 5 heteroatoms. The van der Waals surface area contributed by atoms with Crippen LogP contribution in [0.5, 0.6) is 0 Å². The van der Waals surface area contributed by atoms with Crippen LogP contribution >= 0.6 is 0 Å². The Labute approximate surface area is 76.7 Å². The van der Waals surface area contributed by atoms with Crippen molar-refractivity contribution in [3.63, 3.8) is 0 Å². The second-order valence-electron chi connectivity index (χ2n) is 2.69. The van der Waals surface area contributed by atoms with E-state index in [4.69, 9.17) is 15.3 Å². The Morgan fingerprint density at radius 1 is 1.62 bits per heavy atom. The number of nitrogens with one attached hydrogen (secondary N) is 1. The molecule has 1 unspecified atom stereocenters. The molecule has 0 aliphatic carbocycles. The van der Waals surface area contributed by atoms with Gasteiger partial charge in [-0.05, 0) is 6.92 Å². The van der Waals surface area contributed by atoms with Gasteiger partial charge >= 0.3 is 5.97 Å². The lowest BCUT2D eigenvalue weighted by Gasteiger charge is -2.06. The molecule has 0 aromatic carbocycles. The van der Waals surface area contributed by atoms with Gasteiger partial charge in [-0.2, -0.15) is 0 Å². The van der Waals surface area contributed by atoms with Crippen molar-refractivity contribution in [3.8, 4) is 0 Å². The molecule has 0 aromatic heterocycles. The highest BCUT2D eigenvalue weighted by Crippen LogP contribution is 1.89. The average molecular weight is 189 g/mol. The molecule has 0 aliphatic heterocycles. The van der Waals surface area contributed by atoms with Gasteiger partial charge < -0.3 is 20.6 Å². The second-order valence-corrected chi connectivity index (χ2v) is 2.69. The van der Waals surface area contributed by atoms with Crippen LogP contribution in [-0.2, 0) is 4.79 Å². The number of hydrogen-bond acceptors (Lipinski definition) is 4. The smallest absolute Gasteiger partial charge is 0.330 e. The van der Waals surface area contributed by atoms with Crippen LogP contribution < -0.4 is 5.32 Å². The van der Waals surface area contributed by atoms with Crippen LogP contribution in [0.15, 0.2) is 11.6 Å². The first-order chi connectivity index (χ1) is 6.07. The molecule has 0 fully saturated rings. The van der Waals surface area contributed by atoms with Gasteiger partial charge in [-0.3, -0.25) is 0 Å². The molecule has 76 valence electrons. The minimum absolute atomic E-state index is 0.250. The van der Waals surface area contributed by atoms with Crippen molar-refractivity contribution in [1.29, 1.82) is 0 Å². The molecule has 0 spiro atoms. The van der Waals surface area contributed by atoms with Crippen molar-refractivity contribution >= 4 is 5.97 Å². The first-order valence-corrected chi connectivity index (χ1v) is 3.97.